The van der Waals surface area contributed by atoms with Gasteiger partial charge in [0, 0.05) is 66.7 Å². The second kappa shape index (κ2) is 14.0. The van der Waals surface area contributed by atoms with E-state index in [1.54, 1.807) is 0 Å². The summed E-state index contributed by atoms with van der Waals surface area (Å²) in [4.78, 5) is 4.82. The highest BCUT2D eigenvalue weighted by Gasteiger charge is 2.25. The van der Waals surface area contributed by atoms with Crippen LogP contribution in [0.5, 0.6) is 0 Å². The Morgan fingerprint density at radius 3 is 2.35 bits per heavy atom. The number of allylic oxidation sites excluding steroid dienone is 7. The average Bonchev–Trinajstić information content (AvgIpc) is 3.76. The summed E-state index contributed by atoms with van der Waals surface area (Å²) in [7, 11) is 2.20. The largest absolute Gasteiger partial charge is 0.364 e. The minimum Gasteiger partial charge on any atom is -0.364 e. The van der Waals surface area contributed by atoms with E-state index >= 15 is 0 Å². The molecule has 3 nitrogen and oxygen atoms in total. The summed E-state index contributed by atoms with van der Waals surface area (Å²) >= 11 is 1.89. The molecule has 0 spiro atoms. The highest BCUT2D eigenvalue weighted by molar-refractivity contribution is 7.26. The minimum atomic E-state index is 0.164. The predicted octanol–water partition coefficient (Wildman–Crippen LogP) is 11.9. The van der Waals surface area contributed by atoms with E-state index in [2.05, 4.69) is 185 Å². The molecule has 7 aromatic rings. The van der Waals surface area contributed by atoms with Crippen molar-refractivity contribution in [3.05, 3.63) is 191 Å². The highest BCUT2D eigenvalue weighted by atomic mass is 32.1. The molecule has 0 amide bonds. The van der Waals surface area contributed by atoms with Crippen molar-refractivity contribution in [3.63, 3.8) is 0 Å². The first-order valence-electron chi connectivity index (χ1n) is 19.0. The van der Waals surface area contributed by atoms with Crippen LogP contribution >= 0.6 is 11.3 Å². The topological polar surface area (TPSA) is 11.4 Å². The fourth-order valence-corrected chi connectivity index (χ4v) is 9.56. The standard InChI is InChI=1S/C48H37N3S.C2H6/c1-32-29-40-45(51(36-19-10-5-11-20-36)44-28-26-38-37-21-12-13-24-46(37)52-48(38)47(40)44)31-50(35-17-8-4-9-18-35)43-27-25-34(30-39(32)43)42-23-14-22-41(49(42)2)33-15-6-3-7-16-33;1-2/h3-8,10-17,19-31,41H,1,9,18H2,2H3;1-2H3/b40-29+,45-31+;. The van der Waals surface area contributed by atoms with Gasteiger partial charge in [-0.2, -0.15) is 0 Å². The van der Waals surface area contributed by atoms with E-state index in [9.17, 15) is 0 Å². The van der Waals surface area contributed by atoms with E-state index in [0.717, 1.165) is 40.7 Å². The molecule has 54 heavy (non-hydrogen) atoms. The molecule has 1 unspecified atom stereocenters. The number of thiophene rings is 1. The molecular formula is C50H43N3S. The van der Waals surface area contributed by atoms with E-state index in [-0.39, 0.29) is 6.04 Å². The zero-order valence-electron chi connectivity index (χ0n) is 31.0. The molecule has 4 heterocycles. The third kappa shape index (κ3) is 5.57. The quantitative estimate of drug-likeness (QED) is 0.180. The van der Waals surface area contributed by atoms with Crippen LogP contribution in [-0.4, -0.2) is 16.5 Å². The van der Waals surface area contributed by atoms with Gasteiger partial charge in [0.15, 0.2) is 0 Å². The summed E-state index contributed by atoms with van der Waals surface area (Å²) in [5, 5.41) is 6.24. The summed E-state index contributed by atoms with van der Waals surface area (Å²) in [5.74, 6) is 0. The Morgan fingerprint density at radius 1 is 0.778 bits per heavy atom. The second-order valence-corrected chi connectivity index (χ2v) is 14.9. The van der Waals surface area contributed by atoms with Gasteiger partial charge < -0.3 is 14.4 Å². The van der Waals surface area contributed by atoms with Crippen molar-refractivity contribution in [2.75, 3.05) is 11.9 Å². The van der Waals surface area contributed by atoms with Gasteiger partial charge in [0.1, 0.15) is 0 Å². The molecule has 0 saturated carbocycles. The highest BCUT2D eigenvalue weighted by Crippen LogP contribution is 2.41. The fraction of sp³-hybridized carbons (Fsp3) is 0.120. The Morgan fingerprint density at radius 2 is 1.56 bits per heavy atom. The van der Waals surface area contributed by atoms with Gasteiger partial charge in [-0.25, -0.2) is 0 Å². The van der Waals surface area contributed by atoms with Crippen LogP contribution in [0.1, 0.15) is 49.4 Å². The lowest BCUT2D eigenvalue weighted by Crippen LogP contribution is -2.34. The predicted molar refractivity (Wildman–Crippen MR) is 234 cm³/mol. The molecular weight excluding hydrogens is 675 g/mol. The zero-order chi connectivity index (χ0) is 36.8. The third-order valence-electron chi connectivity index (χ3n) is 10.8. The van der Waals surface area contributed by atoms with Gasteiger partial charge >= 0.3 is 0 Å². The number of rotatable bonds is 4. The number of anilines is 1. The van der Waals surface area contributed by atoms with Crippen LogP contribution in [0.25, 0.3) is 60.3 Å². The van der Waals surface area contributed by atoms with E-state index in [0.29, 0.717) is 0 Å². The van der Waals surface area contributed by atoms with Gasteiger partial charge in [-0.15, -0.1) is 11.3 Å². The van der Waals surface area contributed by atoms with Crippen LogP contribution in [0.4, 0.5) is 5.69 Å². The van der Waals surface area contributed by atoms with Crippen LogP contribution < -0.4 is 15.5 Å². The number of nitrogens with zero attached hydrogens (tertiary/aromatic N) is 3. The SMILES string of the molecule is C=C1/C=c2\c(n(-c3ccccc3)c3ccc4c5ccccc5sc4c23)=C/N(C2=CC=CCC2)c2ccc(C3=CC=CC(c4ccccc4)N3C)cc21.CC. The van der Waals surface area contributed by atoms with Gasteiger partial charge in [-0.3, -0.25) is 0 Å². The summed E-state index contributed by atoms with van der Waals surface area (Å²) in [6.45, 7) is 8.83. The summed E-state index contributed by atoms with van der Waals surface area (Å²) in [6, 6.07) is 42.1. The third-order valence-corrected chi connectivity index (χ3v) is 12.0. The van der Waals surface area contributed by atoms with Crippen molar-refractivity contribution in [1.29, 1.82) is 0 Å². The molecule has 0 fully saturated rings. The Labute approximate surface area is 321 Å². The zero-order valence-corrected chi connectivity index (χ0v) is 31.9. The van der Waals surface area contributed by atoms with Crippen LogP contribution in [0.15, 0.2) is 164 Å². The first kappa shape index (κ1) is 33.7. The summed E-state index contributed by atoms with van der Waals surface area (Å²) in [6.07, 6.45) is 20.1. The molecule has 2 aliphatic heterocycles. The van der Waals surface area contributed by atoms with E-state index < -0.39 is 0 Å². The van der Waals surface area contributed by atoms with Crippen molar-refractivity contribution >= 4 is 71.6 Å². The molecule has 3 aliphatic rings. The van der Waals surface area contributed by atoms with Crippen LogP contribution in [0.3, 0.4) is 0 Å². The Hall–Kier alpha value is -6.10. The number of hydrogen-bond acceptors (Lipinski definition) is 3. The number of hydrogen-bond donors (Lipinski definition) is 0. The Bertz CT molecular complexity index is 2830. The van der Waals surface area contributed by atoms with Crippen molar-refractivity contribution in [1.82, 2.24) is 9.47 Å². The second-order valence-electron chi connectivity index (χ2n) is 13.8. The number of benzene rings is 5. The number of likely N-dealkylation sites (N-methyl/N-ethyl adjacent to an activating group) is 1. The Balaban J connectivity index is 0.00000189. The maximum atomic E-state index is 4.83. The lowest BCUT2D eigenvalue weighted by molar-refractivity contribution is 0.412. The van der Waals surface area contributed by atoms with Crippen molar-refractivity contribution in [3.8, 4) is 5.69 Å². The lowest BCUT2D eigenvalue weighted by Gasteiger charge is -2.34. The lowest BCUT2D eigenvalue weighted by atomic mass is 9.94. The van der Waals surface area contributed by atoms with Crippen LogP contribution in [0, 0.1) is 0 Å². The smallest absolute Gasteiger partial charge is 0.0726 e. The van der Waals surface area contributed by atoms with Gasteiger partial charge in [-0.05, 0) is 84.2 Å². The molecule has 0 bridgehead atoms. The van der Waals surface area contributed by atoms with Gasteiger partial charge in [0.2, 0.25) is 0 Å². The molecule has 0 radical (unpaired) electrons. The Kier molecular flexibility index (Phi) is 8.76. The van der Waals surface area contributed by atoms with Gasteiger partial charge in [0.05, 0.1) is 22.6 Å². The molecule has 0 saturated heterocycles. The van der Waals surface area contributed by atoms with E-state index in [4.69, 9.17) is 6.58 Å². The summed E-state index contributed by atoms with van der Waals surface area (Å²) < 4.78 is 5.07. The molecule has 10 rings (SSSR count). The van der Waals surface area contributed by atoms with Gasteiger partial charge in [-0.1, -0.05) is 124 Å². The van der Waals surface area contributed by atoms with Gasteiger partial charge in [0.25, 0.3) is 0 Å². The molecule has 264 valence electrons. The molecule has 4 heteroatoms. The minimum absolute atomic E-state index is 0.164. The molecule has 1 atom stereocenters. The van der Waals surface area contributed by atoms with Crippen LogP contribution in [0.2, 0.25) is 0 Å². The monoisotopic (exact) mass is 717 g/mol. The molecule has 0 N–H and O–H groups in total. The molecule has 2 aromatic heterocycles. The number of fused-ring (bicyclic) bond motifs is 8. The first-order valence-corrected chi connectivity index (χ1v) is 19.8. The van der Waals surface area contributed by atoms with E-state index in [1.165, 1.54) is 58.8 Å². The van der Waals surface area contributed by atoms with Crippen molar-refractivity contribution < 1.29 is 0 Å². The molecule has 1 aliphatic carbocycles. The number of para-hydroxylation sites is 1. The normalized spacial score (nSPS) is 17.7. The van der Waals surface area contributed by atoms with Crippen molar-refractivity contribution in [2.24, 2.45) is 0 Å². The maximum Gasteiger partial charge on any atom is 0.0726 e. The van der Waals surface area contributed by atoms with Crippen LogP contribution in [-0.2, 0) is 0 Å². The van der Waals surface area contributed by atoms with Crippen molar-refractivity contribution in [2.45, 2.75) is 32.7 Å². The average molecular weight is 718 g/mol. The fourth-order valence-electron chi connectivity index (χ4n) is 8.30. The maximum absolute atomic E-state index is 4.83. The summed E-state index contributed by atoms with van der Waals surface area (Å²) in [5.41, 5.74) is 10.6. The molecule has 5 aromatic carbocycles. The number of aromatic nitrogens is 1. The van der Waals surface area contributed by atoms with E-state index in [1.807, 2.05) is 25.2 Å². The first-order chi connectivity index (χ1) is 26.6.